The van der Waals surface area contributed by atoms with Gasteiger partial charge in [0, 0.05) is 17.7 Å². The maximum Gasteiger partial charge on any atom is 0.176 e. The summed E-state index contributed by atoms with van der Waals surface area (Å²) in [5, 5.41) is 5.05. The molecule has 0 radical (unpaired) electrons. The van der Waals surface area contributed by atoms with Gasteiger partial charge in [0.15, 0.2) is 5.82 Å². The SMILES string of the molecule is Cc1cnn(-c2nc3ccccn3c2CBr)c1. The number of rotatable bonds is 2. The van der Waals surface area contributed by atoms with Crippen LogP contribution in [0.3, 0.4) is 0 Å². The lowest BCUT2D eigenvalue weighted by atomic mass is 10.4. The topological polar surface area (TPSA) is 35.1 Å². The Morgan fingerprint density at radius 2 is 2.24 bits per heavy atom. The Morgan fingerprint density at radius 3 is 2.94 bits per heavy atom. The standard InChI is InChI=1S/C12H11BrN4/c1-9-7-14-17(8-9)12-10(6-13)16-5-3-2-4-11(16)15-12/h2-5,7-8H,6H2,1H3. The fourth-order valence-electron chi connectivity index (χ4n) is 1.87. The van der Waals surface area contributed by atoms with Crippen molar-refractivity contribution in [2.45, 2.75) is 12.3 Å². The summed E-state index contributed by atoms with van der Waals surface area (Å²) >= 11 is 3.51. The van der Waals surface area contributed by atoms with Crippen LogP contribution in [-0.4, -0.2) is 19.2 Å². The van der Waals surface area contributed by atoms with Gasteiger partial charge in [-0.15, -0.1) is 0 Å². The Hall–Kier alpha value is -1.62. The van der Waals surface area contributed by atoms with Crippen LogP contribution in [0.5, 0.6) is 0 Å². The first-order valence-electron chi connectivity index (χ1n) is 5.33. The van der Waals surface area contributed by atoms with Gasteiger partial charge in [-0.1, -0.05) is 22.0 Å². The van der Waals surface area contributed by atoms with Crippen molar-refractivity contribution >= 4 is 21.6 Å². The zero-order valence-electron chi connectivity index (χ0n) is 9.34. The molecular formula is C12H11BrN4. The zero-order chi connectivity index (χ0) is 11.8. The van der Waals surface area contributed by atoms with E-state index in [-0.39, 0.29) is 0 Å². The second-order valence-corrected chi connectivity index (χ2v) is 4.47. The van der Waals surface area contributed by atoms with Gasteiger partial charge in [-0.05, 0) is 24.6 Å². The summed E-state index contributed by atoms with van der Waals surface area (Å²) in [4.78, 5) is 4.60. The number of hydrogen-bond donors (Lipinski definition) is 0. The van der Waals surface area contributed by atoms with Gasteiger partial charge in [0.1, 0.15) is 5.65 Å². The quantitative estimate of drug-likeness (QED) is 0.680. The number of fused-ring (bicyclic) bond motifs is 1. The van der Waals surface area contributed by atoms with Crippen LogP contribution in [-0.2, 0) is 5.33 Å². The van der Waals surface area contributed by atoms with Crippen LogP contribution < -0.4 is 0 Å². The van der Waals surface area contributed by atoms with Gasteiger partial charge in [0.05, 0.1) is 11.9 Å². The van der Waals surface area contributed by atoms with E-state index in [4.69, 9.17) is 0 Å². The molecule has 86 valence electrons. The molecule has 0 bridgehead atoms. The molecule has 0 amide bonds. The second-order valence-electron chi connectivity index (χ2n) is 3.91. The maximum absolute atomic E-state index is 4.60. The largest absolute Gasteiger partial charge is 0.301 e. The third-order valence-corrected chi connectivity index (χ3v) is 3.19. The Bertz CT molecular complexity index is 668. The van der Waals surface area contributed by atoms with E-state index in [0.29, 0.717) is 0 Å². The lowest BCUT2D eigenvalue weighted by molar-refractivity contribution is 0.844. The minimum atomic E-state index is 0.742. The first-order chi connectivity index (χ1) is 8.29. The van der Waals surface area contributed by atoms with Gasteiger partial charge in [0.25, 0.3) is 0 Å². The molecule has 0 aliphatic heterocycles. The van der Waals surface area contributed by atoms with E-state index in [1.54, 1.807) is 0 Å². The normalized spacial score (nSPS) is 11.2. The van der Waals surface area contributed by atoms with E-state index < -0.39 is 0 Å². The minimum Gasteiger partial charge on any atom is -0.301 e. The summed E-state index contributed by atoms with van der Waals surface area (Å²) < 4.78 is 3.89. The highest BCUT2D eigenvalue weighted by molar-refractivity contribution is 9.08. The molecule has 0 atom stereocenters. The van der Waals surface area contributed by atoms with Crippen LogP contribution in [0.15, 0.2) is 36.8 Å². The second kappa shape index (κ2) is 4.00. The molecule has 0 aliphatic rings. The van der Waals surface area contributed by atoms with Crippen molar-refractivity contribution in [3.8, 4) is 5.82 Å². The van der Waals surface area contributed by atoms with E-state index in [9.17, 15) is 0 Å². The first-order valence-corrected chi connectivity index (χ1v) is 6.45. The highest BCUT2D eigenvalue weighted by atomic mass is 79.9. The van der Waals surface area contributed by atoms with Crippen molar-refractivity contribution in [2.24, 2.45) is 0 Å². The fraction of sp³-hybridized carbons (Fsp3) is 0.167. The van der Waals surface area contributed by atoms with Crippen molar-refractivity contribution in [3.05, 3.63) is 48.0 Å². The van der Waals surface area contributed by atoms with Crippen LogP contribution >= 0.6 is 15.9 Å². The van der Waals surface area contributed by atoms with Crippen LogP contribution in [0.4, 0.5) is 0 Å². The maximum atomic E-state index is 4.60. The van der Waals surface area contributed by atoms with Gasteiger partial charge in [-0.25, -0.2) is 9.67 Å². The number of aromatic nitrogens is 4. The number of nitrogens with zero attached hydrogens (tertiary/aromatic N) is 4. The molecule has 0 N–H and O–H groups in total. The predicted molar refractivity (Wildman–Crippen MR) is 69.7 cm³/mol. The molecule has 3 aromatic rings. The summed E-state index contributed by atoms with van der Waals surface area (Å²) in [7, 11) is 0. The molecule has 17 heavy (non-hydrogen) atoms. The van der Waals surface area contributed by atoms with Crippen molar-refractivity contribution in [2.75, 3.05) is 0 Å². The molecule has 0 aromatic carbocycles. The summed E-state index contributed by atoms with van der Waals surface area (Å²) in [6.45, 7) is 2.02. The lowest BCUT2D eigenvalue weighted by Gasteiger charge is -2.00. The summed E-state index contributed by atoms with van der Waals surface area (Å²) in [5.74, 6) is 0.876. The molecule has 3 heterocycles. The average molecular weight is 291 g/mol. The average Bonchev–Trinajstić information content (AvgIpc) is 2.91. The number of hydrogen-bond acceptors (Lipinski definition) is 2. The van der Waals surface area contributed by atoms with Gasteiger partial charge in [-0.2, -0.15) is 5.10 Å². The number of pyridine rings is 1. The molecule has 0 unspecified atom stereocenters. The van der Waals surface area contributed by atoms with E-state index in [1.165, 1.54) is 0 Å². The van der Waals surface area contributed by atoms with Gasteiger partial charge >= 0.3 is 0 Å². The molecule has 0 aliphatic carbocycles. The molecule has 3 rings (SSSR count). The summed E-state index contributed by atoms with van der Waals surface area (Å²) in [6, 6.07) is 5.98. The Balaban J connectivity index is 2.29. The molecule has 0 spiro atoms. The van der Waals surface area contributed by atoms with Gasteiger partial charge < -0.3 is 4.40 Å². The van der Waals surface area contributed by atoms with E-state index in [0.717, 1.165) is 28.1 Å². The van der Waals surface area contributed by atoms with Gasteiger partial charge in [0.2, 0.25) is 0 Å². The number of aryl methyl sites for hydroxylation is 1. The van der Waals surface area contributed by atoms with Gasteiger partial charge in [-0.3, -0.25) is 0 Å². The molecule has 0 fully saturated rings. The minimum absolute atomic E-state index is 0.742. The lowest BCUT2D eigenvalue weighted by Crippen LogP contribution is -1.99. The van der Waals surface area contributed by atoms with Crippen LogP contribution in [0.2, 0.25) is 0 Å². The molecule has 0 saturated carbocycles. The Kier molecular flexibility index (Phi) is 2.48. The van der Waals surface area contributed by atoms with Crippen LogP contribution in [0.1, 0.15) is 11.3 Å². The van der Waals surface area contributed by atoms with Crippen molar-refractivity contribution in [1.82, 2.24) is 19.2 Å². The van der Waals surface area contributed by atoms with Crippen molar-refractivity contribution in [1.29, 1.82) is 0 Å². The van der Waals surface area contributed by atoms with E-state index >= 15 is 0 Å². The van der Waals surface area contributed by atoms with Crippen molar-refractivity contribution < 1.29 is 0 Å². The Morgan fingerprint density at radius 1 is 1.35 bits per heavy atom. The van der Waals surface area contributed by atoms with Crippen LogP contribution in [0.25, 0.3) is 11.5 Å². The molecular weight excluding hydrogens is 280 g/mol. The van der Waals surface area contributed by atoms with E-state index in [1.807, 2.05) is 48.4 Å². The first kappa shape index (κ1) is 10.5. The van der Waals surface area contributed by atoms with Crippen LogP contribution in [0, 0.1) is 6.92 Å². The number of halogens is 1. The number of imidazole rings is 1. The van der Waals surface area contributed by atoms with E-state index in [2.05, 4.69) is 30.4 Å². The molecule has 5 heteroatoms. The summed E-state index contributed by atoms with van der Waals surface area (Å²) in [5.41, 5.74) is 3.16. The van der Waals surface area contributed by atoms with Crippen molar-refractivity contribution in [3.63, 3.8) is 0 Å². The smallest absolute Gasteiger partial charge is 0.176 e. The highest BCUT2D eigenvalue weighted by Gasteiger charge is 2.12. The highest BCUT2D eigenvalue weighted by Crippen LogP contribution is 2.19. The zero-order valence-corrected chi connectivity index (χ0v) is 10.9. The predicted octanol–water partition coefficient (Wildman–Crippen LogP) is 2.72. The number of alkyl halides is 1. The molecule has 4 nitrogen and oxygen atoms in total. The summed E-state index contributed by atoms with van der Waals surface area (Å²) in [6.07, 6.45) is 5.83. The molecule has 3 aromatic heterocycles. The monoisotopic (exact) mass is 290 g/mol. The molecule has 0 saturated heterocycles. The fourth-order valence-corrected chi connectivity index (χ4v) is 2.39. The third kappa shape index (κ3) is 1.67. The third-order valence-electron chi connectivity index (χ3n) is 2.66. The Labute approximate surface area is 107 Å².